The molecule has 5 rings (SSSR count). The SMILES string of the molecule is CCCCc1ccc(-c2cccc(C34CCC(CCCC)(CC3)CC4)c2F)cc1. The van der Waals surface area contributed by atoms with Crippen LogP contribution in [-0.2, 0) is 11.8 Å². The predicted molar refractivity (Wildman–Crippen MR) is 122 cm³/mol. The lowest BCUT2D eigenvalue weighted by Crippen LogP contribution is -2.44. The molecule has 0 aromatic heterocycles. The second kappa shape index (κ2) is 8.62. The highest BCUT2D eigenvalue weighted by molar-refractivity contribution is 5.66. The lowest BCUT2D eigenvalue weighted by atomic mass is 9.50. The Hall–Kier alpha value is -1.63. The number of fused-ring (bicyclic) bond motifs is 3. The van der Waals surface area contributed by atoms with Gasteiger partial charge in [-0.2, -0.15) is 0 Å². The Morgan fingerprint density at radius 2 is 1.45 bits per heavy atom. The van der Waals surface area contributed by atoms with E-state index in [1.54, 1.807) is 0 Å². The van der Waals surface area contributed by atoms with E-state index in [-0.39, 0.29) is 11.2 Å². The van der Waals surface area contributed by atoms with Crippen molar-refractivity contribution >= 4 is 0 Å². The molecule has 2 aromatic rings. The average molecular weight is 393 g/mol. The first-order valence-corrected chi connectivity index (χ1v) is 12.0. The zero-order chi connectivity index (χ0) is 20.3. The van der Waals surface area contributed by atoms with Crippen LogP contribution in [0.2, 0.25) is 0 Å². The van der Waals surface area contributed by atoms with Crippen LogP contribution in [0.1, 0.15) is 95.6 Å². The Morgan fingerprint density at radius 1 is 0.793 bits per heavy atom. The quantitative estimate of drug-likeness (QED) is 0.422. The summed E-state index contributed by atoms with van der Waals surface area (Å²) in [6.45, 7) is 4.52. The molecule has 29 heavy (non-hydrogen) atoms. The molecule has 3 fully saturated rings. The van der Waals surface area contributed by atoms with Gasteiger partial charge in [0.1, 0.15) is 5.82 Å². The number of rotatable bonds is 8. The second-order valence-corrected chi connectivity index (χ2v) is 9.85. The molecule has 0 saturated heterocycles. The second-order valence-electron chi connectivity index (χ2n) is 9.85. The molecule has 0 amide bonds. The zero-order valence-electron chi connectivity index (χ0n) is 18.4. The maximum Gasteiger partial charge on any atom is 0.134 e. The number of hydrogen-bond acceptors (Lipinski definition) is 0. The molecule has 2 aromatic carbocycles. The maximum atomic E-state index is 15.8. The van der Waals surface area contributed by atoms with E-state index in [2.05, 4.69) is 50.2 Å². The van der Waals surface area contributed by atoms with E-state index in [9.17, 15) is 0 Å². The van der Waals surface area contributed by atoms with Crippen LogP contribution in [-0.4, -0.2) is 0 Å². The number of hydrogen-bond donors (Lipinski definition) is 0. The van der Waals surface area contributed by atoms with Gasteiger partial charge < -0.3 is 0 Å². The van der Waals surface area contributed by atoms with Crippen molar-refractivity contribution in [2.75, 3.05) is 0 Å². The number of unbranched alkanes of at least 4 members (excludes halogenated alkanes) is 2. The summed E-state index contributed by atoms with van der Waals surface area (Å²) in [6, 6.07) is 14.7. The van der Waals surface area contributed by atoms with E-state index in [4.69, 9.17) is 0 Å². The van der Waals surface area contributed by atoms with Crippen LogP contribution in [0.25, 0.3) is 11.1 Å². The van der Waals surface area contributed by atoms with Crippen molar-refractivity contribution in [2.24, 2.45) is 5.41 Å². The fourth-order valence-electron chi connectivity index (χ4n) is 5.99. The van der Waals surface area contributed by atoms with Crippen LogP contribution in [0.5, 0.6) is 0 Å². The largest absolute Gasteiger partial charge is 0.206 e. The van der Waals surface area contributed by atoms with Crippen molar-refractivity contribution in [3.05, 3.63) is 59.4 Å². The molecule has 3 aliphatic rings. The normalized spacial score (nSPS) is 26.0. The number of halogens is 1. The Labute approximate surface area is 176 Å². The van der Waals surface area contributed by atoms with Crippen molar-refractivity contribution in [1.29, 1.82) is 0 Å². The average Bonchev–Trinajstić information content (AvgIpc) is 2.78. The highest BCUT2D eigenvalue weighted by Gasteiger charge is 2.49. The summed E-state index contributed by atoms with van der Waals surface area (Å²) in [6.07, 6.45) is 15.0. The van der Waals surface area contributed by atoms with Gasteiger partial charge >= 0.3 is 0 Å². The summed E-state index contributed by atoms with van der Waals surface area (Å²) in [4.78, 5) is 0. The fraction of sp³-hybridized carbons (Fsp3) is 0.571. The summed E-state index contributed by atoms with van der Waals surface area (Å²) < 4.78 is 15.8. The highest BCUT2D eigenvalue weighted by atomic mass is 19.1. The van der Waals surface area contributed by atoms with Crippen LogP contribution < -0.4 is 0 Å². The van der Waals surface area contributed by atoms with Crippen LogP contribution in [0.4, 0.5) is 4.39 Å². The van der Waals surface area contributed by atoms with Crippen LogP contribution >= 0.6 is 0 Å². The lowest BCUT2D eigenvalue weighted by molar-refractivity contribution is 0.0292. The molecule has 0 heterocycles. The molecule has 0 nitrogen and oxygen atoms in total. The molecule has 0 aliphatic heterocycles. The third-order valence-corrected chi connectivity index (χ3v) is 8.12. The molecule has 0 atom stereocenters. The Kier molecular flexibility index (Phi) is 6.13. The highest BCUT2D eigenvalue weighted by Crippen LogP contribution is 2.60. The molecule has 3 saturated carbocycles. The molecule has 3 aliphatic carbocycles. The first kappa shape index (κ1) is 20.6. The van der Waals surface area contributed by atoms with Gasteiger partial charge in [-0.1, -0.05) is 75.6 Å². The molecule has 2 bridgehead atoms. The molecular weight excluding hydrogens is 355 g/mol. The summed E-state index contributed by atoms with van der Waals surface area (Å²) >= 11 is 0. The van der Waals surface area contributed by atoms with Gasteiger partial charge in [0.2, 0.25) is 0 Å². The first-order valence-electron chi connectivity index (χ1n) is 12.0. The summed E-state index contributed by atoms with van der Waals surface area (Å²) in [5.74, 6) is 0.0387. The van der Waals surface area contributed by atoms with E-state index in [1.165, 1.54) is 76.2 Å². The van der Waals surface area contributed by atoms with Crippen LogP contribution in [0.15, 0.2) is 42.5 Å². The van der Waals surface area contributed by atoms with Gasteiger partial charge in [0, 0.05) is 5.56 Å². The Balaban J connectivity index is 1.56. The smallest absolute Gasteiger partial charge is 0.134 e. The summed E-state index contributed by atoms with van der Waals surface area (Å²) in [5.41, 5.74) is 4.80. The van der Waals surface area contributed by atoms with Gasteiger partial charge in [-0.25, -0.2) is 4.39 Å². The molecule has 0 N–H and O–H groups in total. The minimum Gasteiger partial charge on any atom is -0.206 e. The van der Waals surface area contributed by atoms with Crippen molar-refractivity contribution in [1.82, 2.24) is 0 Å². The van der Waals surface area contributed by atoms with E-state index in [0.717, 1.165) is 23.1 Å². The van der Waals surface area contributed by atoms with Crippen LogP contribution in [0, 0.1) is 11.2 Å². The zero-order valence-corrected chi connectivity index (χ0v) is 18.4. The third kappa shape index (κ3) is 4.03. The lowest BCUT2D eigenvalue weighted by Gasteiger charge is -2.54. The summed E-state index contributed by atoms with van der Waals surface area (Å²) in [7, 11) is 0. The molecular formula is C28H37F. The van der Waals surface area contributed by atoms with Gasteiger partial charge in [-0.05, 0) is 85.3 Å². The van der Waals surface area contributed by atoms with Crippen molar-refractivity contribution < 1.29 is 4.39 Å². The number of aryl methyl sites for hydroxylation is 1. The Bertz CT molecular complexity index is 792. The van der Waals surface area contributed by atoms with E-state index in [0.29, 0.717) is 5.41 Å². The first-order chi connectivity index (χ1) is 14.1. The minimum absolute atomic E-state index is 0.0387. The van der Waals surface area contributed by atoms with Crippen molar-refractivity contribution in [3.63, 3.8) is 0 Å². The molecule has 0 radical (unpaired) electrons. The molecule has 0 spiro atoms. The topological polar surface area (TPSA) is 0 Å². The predicted octanol–water partition coefficient (Wildman–Crippen LogP) is 8.62. The van der Waals surface area contributed by atoms with Gasteiger partial charge in [0.25, 0.3) is 0 Å². The van der Waals surface area contributed by atoms with Gasteiger partial charge in [-0.3, -0.25) is 0 Å². The third-order valence-electron chi connectivity index (χ3n) is 8.12. The van der Waals surface area contributed by atoms with Crippen LogP contribution in [0.3, 0.4) is 0 Å². The molecule has 156 valence electrons. The molecule has 1 heteroatoms. The fourth-order valence-corrected chi connectivity index (χ4v) is 5.99. The van der Waals surface area contributed by atoms with Gasteiger partial charge in [0.05, 0.1) is 0 Å². The number of benzene rings is 2. The summed E-state index contributed by atoms with van der Waals surface area (Å²) in [5, 5.41) is 0. The maximum absolute atomic E-state index is 15.8. The van der Waals surface area contributed by atoms with Gasteiger partial charge in [-0.15, -0.1) is 0 Å². The van der Waals surface area contributed by atoms with E-state index in [1.807, 2.05) is 6.07 Å². The minimum atomic E-state index is 0.0387. The molecule has 0 unspecified atom stereocenters. The monoisotopic (exact) mass is 392 g/mol. The van der Waals surface area contributed by atoms with E-state index >= 15 is 4.39 Å². The van der Waals surface area contributed by atoms with Crippen molar-refractivity contribution in [2.45, 2.75) is 96.3 Å². The van der Waals surface area contributed by atoms with Gasteiger partial charge in [0.15, 0.2) is 0 Å². The van der Waals surface area contributed by atoms with Crippen molar-refractivity contribution in [3.8, 4) is 11.1 Å². The van der Waals surface area contributed by atoms with E-state index < -0.39 is 0 Å². The standard InChI is InChI=1S/C28H37F/c1-3-5-8-22-11-13-23(14-12-22)24-9-7-10-25(26(24)29)28-19-16-27(17-20-28,18-21-28)15-6-4-2/h7,9-14H,3-6,8,15-21H2,1-2H3. The Morgan fingerprint density at radius 3 is 2.07 bits per heavy atom.